The number of benzene rings is 1. The largest absolute Gasteiger partial charge is 0.501 e. The molecular weight excluding hydrogens is 379 g/mol. The molecule has 26 heavy (non-hydrogen) atoms. The number of carboxylic acid groups (broad SMARTS) is 1. The van der Waals surface area contributed by atoms with E-state index in [0.29, 0.717) is 0 Å². The van der Waals surface area contributed by atoms with Crippen LogP contribution in [-0.2, 0) is 25.8 Å². The van der Waals surface area contributed by atoms with E-state index in [4.69, 9.17) is 9.84 Å². The van der Waals surface area contributed by atoms with Crippen molar-refractivity contribution >= 4 is 21.9 Å². The van der Waals surface area contributed by atoms with Crippen molar-refractivity contribution in [1.29, 1.82) is 0 Å². The number of carbonyl (C=O) groups is 2. The average Bonchev–Trinajstić information content (AvgIpc) is 2.43. The van der Waals surface area contributed by atoms with Gasteiger partial charge in [0.15, 0.2) is 0 Å². The van der Waals surface area contributed by atoms with Gasteiger partial charge in [0, 0.05) is 6.42 Å². The number of amides is 1. The molecule has 11 heteroatoms. The van der Waals surface area contributed by atoms with E-state index >= 15 is 0 Å². The summed E-state index contributed by atoms with van der Waals surface area (Å²) in [5, 5.41) is 11.3. The number of rotatable bonds is 5. The average molecular weight is 397 g/mol. The molecule has 0 aliphatic rings. The van der Waals surface area contributed by atoms with Gasteiger partial charge in [-0.25, -0.2) is 18.0 Å². The van der Waals surface area contributed by atoms with Crippen molar-refractivity contribution in [3.05, 3.63) is 29.8 Å². The Balaban J connectivity index is 2.92. The van der Waals surface area contributed by atoms with Gasteiger partial charge in [0.05, 0.1) is 4.90 Å². The first-order chi connectivity index (χ1) is 11.6. The van der Waals surface area contributed by atoms with Crippen LogP contribution in [-0.4, -0.2) is 42.7 Å². The minimum atomic E-state index is -5.48. The van der Waals surface area contributed by atoms with Gasteiger partial charge in [0.1, 0.15) is 11.6 Å². The standard InChI is InChI=1S/C15H18F3NO6S/c1-14(2,3)25-13(22)19-11(12(20)21)8-9-4-6-10(7-5-9)26(23,24)15(16,17)18/h4-7,11H,8H2,1-3H3,(H,19,22)(H,20,21)/t11-/m0/s1. The third kappa shape index (κ3) is 5.90. The summed E-state index contributed by atoms with van der Waals surface area (Å²) in [5.41, 5.74) is -6.06. The summed E-state index contributed by atoms with van der Waals surface area (Å²) in [6.45, 7) is 4.76. The second-order valence-electron chi connectivity index (χ2n) is 6.33. The maximum absolute atomic E-state index is 12.5. The number of alkyl halides is 3. The van der Waals surface area contributed by atoms with Crippen LogP contribution in [0.4, 0.5) is 18.0 Å². The van der Waals surface area contributed by atoms with Crippen molar-refractivity contribution < 1.29 is 41.0 Å². The first-order valence-electron chi connectivity index (χ1n) is 7.26. The van der Waals surface area contributed by atoms with Crippen molar-refractivity contribution in [2.45, 2.75) is 49.2 Å². The van der Waals surface area contributed by atoms with E-state index < -0.39 is 43.9 Å². The van der Waals surface area contributed by atoms with Crippen LogP contribution in [0.2, 0.25) is 0 Å². The number of carbonyl (C=O) groups excluding carboxylic acids is 1. The van der Waals surface area contributed by atoms with E-state index in [9.17, 15) is 31.2 Å². The zero-order valence-electron chi connectivity index (χ0n) is 14.1. The maximum atomic E-state index is 12.5. The van der Waals surface area contributed by atoms with Crippen LogP contribution in [0.25, 0.3) is 0 Å². The van der Waals surface area contributed by atoms with Crippen LogP contribution < -0.4 is 5.32 Å². The summed E-state index contributed by atoms with van der Waals surface area (Å²) in [6, 6.07) is 2.14. The van der Waals surface area contributed by atoms with E-state index in [1.54, 1.807) is 20.8 Å². The molecule has 0 heterocycles. The molecule has 0 saturated heterocycles. The molecule has 0 spiro atoms. The zero-order chi connectivity index (χ0) is 20.3. The number of ether oxygens (including phenoxy) is 1. The molecule has 2 N–H and O–H groups in total. The lowest BCUT2D eigenvalue weighted by Crippen LogP contribution is -2.44. The Bertz CT molecular complexity index is 766. The minimum absolute atomic E-state index is 0.217. The van der Waals surface area contributed by atoms with Crippen LogP contribution >= 0.6 is 0 Å². The monoisotopic (exact) mass is 397 g/mol. The van der Waals surface area contributed by atoms with Crippen molar-refractivity contribution in [3.63, 3.8) is 0 Å². The molecule has 7 nitrogen and oxygen atoms in total. The Hall–Kier alpha value is -2.30. The summed E-state index contributed by atoms with van der Waals surface area (Å²) in [5.74, 6) is -1.39. The van der Waals surface area contributed by atoms with Crippen LogP contribution in [0.15, 0.2) is 29.2 Å². The molecule has 1 rings (SSSR count). The highest BCUT2D eigenvalue weighted by atomic mass is 32.2. The lowest BCUT2D eigenvalue weighted by molar-refractivity contribution is -0.139. The highest BCUT2D eigenvalue weighted by Crippen LogP contribution is 2.30. The van der Waals surface area contributed by atoms with Crippen molar-refractivity contribution in [3.8, 4) is 0 Å². The predicted octanol–water partition coefficient (Wildman–Crippen LogP) is 2.50. The molecular formula is C15H18F3NO6S. The van der Waals surface area contributed by atoms with Crippen LogP contribution in [0.1, 0.15) is 26.3 Å². The summed E-state index contributed by atoms with van der Waals surface area (Å²) in [6.07, 6.45) is -1.25. The fraction of sp³-hybridized carbons (Fsp3) is 0.467. The number of alkyl carbamates (subject to hydrolysis) is 1. The van der Waals surface area contributed by atoms with E-state index in [2.05, 4.69) is 5.32 Å². The number of sulfone groups is 1. The van der Waals surface area contributed by atoms with Gasteiger partial charge in [-0.15, -0.1) is 0 Å². The fourth-order valence-corrected chi connectivity index (χ4v) is 2.59. The molecule has 0 fully saturated rings. The Morgan fingerprint density at radius 3 is 2.04 bits per heavy atom. The minimum Gasteiger partial charge on any atom is -0.480 e. The van der Waals surface area contributed by atoms with Gasteiger partial charge in [-0.1, -0.05) is 12.1 Å². The zero-order valence-corrected chi connectivity index (χ0v) is 14.9. The first-order valence-corrected chi connectivity index (χ1v) is 8.74. The smallest absolute Gasteiger partial charge is 0.480 e. The summed E-state index contributed by atoms with van der Waals surface area (Å²) >= 11 is 0. The second kappa shape index (κ2) is 7.52. The molecule has 146 valence electrons. The summed E-state index contributed by atoms with van der Waals surface area (Å²) in [4.78, 5) is 21.9. The van der Waals surface area contributed by atoms with Gasteiger partial charge in [-0.2, -0.15) is 13.2 Å². The SMILES string of the molecule is CC(C)(C)OC(=O)N[C@@H](Cc1ccc(S(=O)(=O)C(F)(F)F)cc1)C(=O)O. The van der Waals surface area contributed by atoms with E-state index in [1.165, 1.54) is 0 Å². The Morgan fingerprint density at radius 1 is 1.15 bits per heavy atom. The topological polar surface area (TPSA) is 110 Å². The van der Waals surface area contributed by atoms with Crippen LogP contribution in [0.3, 0.4) is 0 Å². The third-order valence-corrected chi connectivity index (χ3v) is 4.47. The van der Waals surface area contributed by atoms with E-state index in [-0.39, 0.29) is 12.0 Å². The molecule has 0 unspecified atom stereocenters. The van der Waals surface area contributed by atoms with Gasteiger partial charge in [-0.05, 0) is 38.5 Å². The molecule has 0 saturated carbocycles. The third-order valence-electron chi connectivity index (χ3n) is 2.97. The van der Waals surface area contributed by atoms with Gasteiger partial charge < -0.3 is 15.2 Å². The molecule has 0 aliphatic heterocycles. The number of carboxylic acids is 1. The molecule has 0 aromatic heterocycles. The van der Waals surface area contributed by atoms with Gasteiger partial charge in [0.25, 0.3) is 9.84 Å². The van der Waals surface area contributed by atoms with Gasteiger partial charge in [-0.3, -0.25) is 0 Å². The van der Waals surface area contributed by atoms with Crippen molar-refractivity contribution in [1.82, 2.24) is 5.32 Å². The molecule has 0 radical (unpaired) electrons. The lowest BCUT2D eigenvalue weighted by Gasteiger charge is -2.22. The maximum Gasteiger partial charge on any atom is 0.501 e. The Morgan fingerprint density at radius 2 is 1.65 bits per heavy atom. The second-order valence-corrected chi connectivity index (χ2v) is 8.28. The van der Waals surface area contributed by atoms with Crippen LogP contribution in [0.5, 0.6) is 0 Å². The predicted molar refractivity (Wildman–Crippen MR) is 84.2 cm³/mol. The number of aliphatic carboxylic acids is 1. The summed E-state index contributed by atoms with van der Waals surface area (Å²) < 4.78 is 65.0. The molecule has 0 bridgehead atoms. The Kier molecular flexibility index (Phi) is 6.29. The first kappa shape index (κ1) is 21.7. The Labute approximate surface area is 148 Å². The molecule has 1 amide bonds. The van der Waals surface area contributed by atoms with Gasteiger partial charge in [0.2, 0.25) is 0 Å². The number of nitrogens with one attached hydrogen (secondary N) is 1. The number of hydrogen-bond donors (Lipinski definition) is 2. The normalized spacial score (nSPS) is 13.8. The number of hydrogen-bond acceptors (Lipinski definition) is 5. The van der Waals surface area contributed by atoms with E-state index in [0.717, 1.165) is 24.3 Å². The molecule has 1 aromatic carbocycles. The lowest BCUT2D eigenvalue weighted by atomic mass is 10.1. The molecule has 1 atom stereocenters. The van der Waals surface area contributed by atoms with Crippen molar-refractivity contribution in [2.24, 2.45) is 0 Å². The quantitative estimate of drug-likeness (QED) is 0.790. The van der Waals surface area contributed by atoms with Crippen LogP contribution in [0, 0.1) is 0 Å². The van der Waals surface area contributed by atoms with Gasteiger partial charge >= 0.3 is 17.6 Å². The van der Waals surface area contributed by atoms with E-state index in [1.807, 2.05) is 0 Å². The molecule has 0 aliphatic carbocycles. The summed E-state index contributed by atoms with van der Waals surface area (Å²) in [7, 11) is -5.48. The molecule has 1 aromatic rings. The fourth-order valence-electron chi connectivity index (χ4n) is 1.82. The number of halogens is 3. The highest BCUT2D eigenvalue weighted by molar-refractivity contribution is 7.92. The highest BCUT2D eigenvalue weighted by Gasteiger charge is 2.46. The van der Waals surface area contributed by atoms with Crippen molar-refractivity contribution in [2.75, 3.05) is 0 Å².